The van der Waals surface area contributed by atoms with Crippen LogP contribution in [-0.4, -0.2) is 12.1 Å². The third kappa shape index (κ3) is 1.74. The first-order chi connectivity index (χ1) is 7.74. The molecule has 0 fully saturated rings. The van der Waals surface area contributed by atoms with E-state index in [-0.39, 0.29) is 11.3 Å². The van der Waals surface area contributed by atoms with Crippen molar-refractivity contribution in [1.29, 1.82) is 0 Å². The van der Waals surface area contributed by atoms with Gasteiger partial charge in [-0.15, -0.1) is 0 Å². The first-order valence-electron chi connectivity index (χ1n) is 4.67. The molecule has 16 heavy (non-hydrogen) atoms. The van der Waals surface area contributed by atoms with Crippen molar-refractivity contribution in [1.82, 2.24) is 4.98 Å². The number of halogens is 2. The summed E-state index contributed by atoms with van der Waals surface area (Å²) in [4.78, 5) is 3.97. The Kier molecular flexibility index (Phi) is 2.81. The Morgan fingerprint density at radius 2 is 1.94 bits per heavy atom. The Morgan fingerprint density at radius 1 is 1.12 bits per heavy atom. The average molecular weight is 221 g/mol. The summed E-state index contributed by atoms with van der Waals surface area (Å²) in [6, 6.07) is 7.41. The van der Waals surface area contributed by atoms with Crippen molar-refractivity contribution in [3.8, 4) is 17.0 Å². The van der Waals surface area contributed by atoms with E-state index in [1.807, 2.05) is 0 Å². The second-order valence-electron chi connectivity index (χ2n) is 3.15. The van der Waals surface area contributed by atoms with Gasteiger partial charge in [0.1, 0.15) is 5.75 Å². The minimum absolute atomic E-state index is 0.0445. The van der Waals surface area contributed by atoms with Crippen molar-refractivity contribution in [2.75, 3.05) is 7.11 Å². The number of aromatic nitrogens is 1. The lowest BCUT2D eigenvalue weighted by atomic mass is 10.1. The highest BCUT2D eigenvalue weighted by atomic mass is 19.2. The molecule has 0 aliphatic carbocycles. The molecule has 0 bridgehead atoms. The van der Waals surface area contributed by atoms with E-state index in [0.29, 0.717) is 5.69 Å². The van der Waals surface area contributed by atoms with Crippen molar-refractivity contribution in [3.05, 3.63) is 48.2 Å². The minimum Gasteiger partial charge on any atom is -0.496 e. The minimum atomic E-state index is -0.946. The summed E-state index contributed by atoms with van der Waals surface area (Å²) in [5.74, 6) is -1.60. The van der Waals surface area contributed by atoms with Crippen LogP contribution in [0.2, 0.25) is 0 Å². The van der Waals surface area contributed by atoms with Crippen LogP contribution in [-0.2, 0) is 0 Å². The fourth-order valence-corrected chi connectivity index (χ4v) is 1.45. The Labute approximate surface area is 91.5 Å². The van der Waals surface area contributed by atoms with Crippen LogP contribution in [0.4, 0.5) is 8.78 Å². The van der Waals surface area contributed by atoms with Gasteiger partial charge in [0.05, 0.1) is 18.4 Å². The number of rotatable bonds is 2. The third-order valence-electron chi connectivity index (χ3n) is 2.20. The van der Waals surface area contributed by atoms with Crippen LogP contribution < -0.4 is 4.74 Å². The SMILES string of the molecule is COc1ccc(F)c(F)c1-c1ccccn1. The van der Waals surface area contributed by atoms with Gasteiger partial charge in [-0.2, -0.15) is 0 Å². The summed E-state index contributed by atoms with van der Waals surface area (Å²) < 4.78 is 31.8. The highest BCUT2D eigenvalue weighted by Gasteiger charge is 2.16. The van der Waals surface area contributed by atoms with Crippen molar-refractivity contribution < 1.29 is 13.5 Å². The molecule has 82 valence electrons. The second-order valence-corrected chi connectivity index (χ2v) is 3.15. The standard InChI is InChI=1S/C12H9F2NO/c1-16-10-6-5-8(13)12(14)11(10)9-4-2-3-7-15-9/h2-7H,1H3. The number of methoxy groups -OCH3 is 1. The number of nitrogens with zero attached hydrogens (tertiary/aromatic N) is 1. The van der Waals surface area contributed by atoms with Gasteiger partial charge in [0.15, 0.2) is 11.6 Å². The normalized spacial score (nSPS) is 10.2. The number of pyridine rings is 1. The molecule has 2 nitrogen and oxygen atoms in total. The van der Waals surface area contributed by atoms with Crippen LogP contribution in [0, 0.1) is 11.6 Å². The third-order valence-corrected chi connectivity index (χ3v) is 2.20. The zero-order chi connectivity index (χ0) is 11.5. The molecule has 0 saturated heterocycles. The summed E-state index contributed by atoms with van der Waals surface area (Å²) >= 11 is 0. The molecular formula is C12H9F2NO. The molecular weight excluding hydrogens is 212 g/mol. The maximum absolute atomic E-state index is 13.6. The van der Waals surface area contributed by atoms with Crippen LogP contribution in [0.15, 0.2) is 36.5 Å². The summed E-state index contributed by atoms with van der Waals surface area (Å²) in [6.07, 6.45) is 1.51. The zero-order valence-electron chi connectivity index (χ0n) is 8.58. The van der Waals surface area contributed by atoms with Gasteiger partial charge in [0, 0.05) is 6.20 Å². The quantitative estimate of drug-likeness (QED) is 0.777. The van der Waals surface area contributed by atoms with Crippen molar-refractivity contribution >= 4 is 0 Å². The second kappa shape index (κ2) is 4.26. The predicted molar refractivity (Wildman–Crippen MR) is 56.1 cm³/mol. The molecule has 0 amide bonds. The van der Waals surface area contributed by atoms with Gasteiger partial charge in [-0.05, 0) is 24.3 Å². The fourth-order valence-electron chi connectivity index (χ4n) is 1.45. The van der Waals surface area contributed by atoms with Gasteiger partial charge in [-0.1, -0.05) is 6.07 Å². The highest BCUT2D eigenvalue weighted by Crippen LogP contribution is 2.32. The number of ether oxygens (including phenoxy) is 1. The molecule has 0 aliphatic heterocycles. The average Bonchev–Trinajstić information content (AvgIpc) is 2.33. The van der Waals surface area contributed by atoms with E-state index < -0.39 is 11.6 Å². The molecule has 0 aliphatic rings. The highest BCUT2D eigenvalue weighted by molar-refractivity contribution is 5.67. The van der Waals surface area contributed by atoms with Crippen molar-refractivity contribution in [2.24, 2.45) is 0 Å². The molecule has 0 N–H and O–H groups in total. The lowest BCUT2D eigenvalue weighted by molar-refractivity contribution is 0.409. The Hall–Kier alpha value is -1.97. The first kappa shape index (κ1) is 10.5. The topological polar surface area (TPSA) is 22.1 Å². The lowest BCUT2D eigenvalue weighted by Gasteiger charge is -2.09. The molecule has 1 heterocycles. The summed E-state index contributed by atoms with van der Waals surface area (Å²) in [5, 5.41) is 0. The number of hydrogen-bond donors (Lipinski definition) is 0. The van der Waals surface area contributed by atoms with Gasteiger partial charge < -0.3 is 4.74 Å². The van der Waals surface area contributed by atoms with Gasteiger partial charge >= 0.3 is 0 Å². The van der Waals surface area contributed by atoms with Gasteiger partial charge in [-0.25, -0.2) is 8.78 Å². The summed E-state index contributed by atoms with van der Waals surface area (Å²) in [5.41, 5.74) is 0.388. The van der Waals surface area contributed by atoms with Crippen molar-refractivity contribution in [2.45, 2.75) is 0 Å². The van der Waals surface area contributed by atoms with E-state index in [1.54, 1.807) is 18.2 Å². The molecule has 0 unspecified atom stereocenters. The van der Waals surface area contributed by atoms with Crippen LogP contribution >= 0.6 is 0 Å². The largest absolute Gasteiger partial charge is 0.496 e. The molecule has 1 aromatic heterocycles. The predicted octanol–water partition coefficient (Wildman–Crippen LogP) is 3.04. The van der Waals surface area contributed by atoms with Crippen LogP contribution in [0.25, 0.3) is 11.3 Å². The lowest BCUT2D eigenvalue weighted by Crippen LogP contribution is -1.96. The molecule has 2 aromatic rings. The summed E-state index contributed by atoms with van der Waals surface area (Å²) in [6.45, 7) is 0. The van der Waals surface area contributed by atoms with Crippen LogP contribution in [0.1, 0.15) is 0 Å². The first-order valence-corrected chi connectivity index (χ1v) is 4.67. The van der Waals surface area contributed by atoms with E-state index in [4.69, 9.17) is 4.74 Å². The Bertz CT molecular complexity index is 500. The van der Waals surface area contributed by atoms with Crippen LogP contribution in [0.5, 0.6) is 5.75 Å². The van der Waals surface area contributed by atoms with E-state index >= 15 is 0 Å². The Balaban J connectivity index is 2.67. The van der Waals surface area contributed by atoms with E-state index in [9.17, 15) is 8.78 Å². The molecule has 0 radical (unpaired) electrons. The molecule has 0 saturated carbocycles. The van der Waals surface area contributed by atoms with E-state index in [0.717, 1.165) is 6.07 Å². The number of hydrogen-bond acceptors (Lipinski definition) is 2. The summed E-state index contributed by atoms with van der Waals surface area (Å²) in [7, 11) is 1.40. The van der Waals surface area contributed by atoms with Gasteiger partial charge in [0.25, 0.3) is 0 Å². The van der Waals surface area contributed by atoms with Crippen LogP contribution in [0.3, 0.4) is 0 Å². The van der Waals surface area contributed by atoms with Gasteiger partial charge in [-0.3, -0.25) is 4.98 Å². The molecule has 1 aromatic carbocycles. The van der Waals surface area contributed by atoms with E-state index in [1.165, 1.54) is 19.4 Å². The maximum Gasteiger partial charge on any atom is 0.171 e. The zero-order valence-corrected chi connectivity index (χ0v) is 8.58. The van der Waals surface area contributed by atoms with Crippen molar-refractivity contribution in [3.63, 3.8) is 0 Å². The maximum atomic E-state index is 13.6. The molecule has 4 heteroatoms. The number of benzene rings is 1. The molecule has 2 rings (SSSR count). The van der Waals surface area contributed by atoms with E-state index in [2.05, 4.69) is 4.98 Å². The molecule has 0 spiro atoms. The molecule has 0 atom stereocenters. The fraction of sp³-hybridized carbons (Fsp3) is 0.0833. The monoisotopic (exact) mass is 221 g/mol. The Morgan fingerprint density at radius 3 is 2.56 bits per heavy atom. The smallest absolute Gasteiger partial charge is 0.171 e. The van der Waals surface area contributed by atoms with Gasteiger partial charge in [0.2, 0.25) is 0 Å².